The lowest BCUT2D eigenvalue weighted by molar-refractivity contribution is -0.127. The second-order valence-corrected chi connectivity index (χ2v) is 7.44. The summed E-state index contributed by atoms with van der Waals surface area (Å²) in [6, 6.07) is 15.9. The molecule has 0 aliphatic carbocycles. The molecule has 0 aliphatic rings. The lowest BCUT2D eigenvalue weighted by Gasteiger charge is -2.17. The molecule has 2 aromatic carbocycles. The number of aromatic nitrogens is 4. The van der Waals surface area contributed by atoms with Crippen molar-refractivity contribution in [1.82, 2.24) is 24.6 Å². The van der Waals surface area contributed by atoms with E-state index in [1.54, 1.807) is 35.0 Å². The van der Waals surface area contributed by atoms with Crippen molar-refractivity contribution in [1.29, 1.82) is 0 Å². The molecule has 0 spiro atoms. The minimum atomic E-state index is -0.290. The first-order chi connectivity index (χ1) is 14.1. The Morgan fingerprint density at radius 1 is 1.10 bits per heavy atom. The SMILES string of the molecule is CN(Cc1ccc(F)cc1)C(=O)CSc1ncnc2c1cnn2-c1ccccc1. The largest absolute Gasteiger partial charge is 0.341 e. The quantitative estimate of drug-likeness (QED) is 0.360. The van der Waals surface area contributed by atoms with Gasteiger partial charge in [-0.1, -0.05) is 42.1 Å². The molecule has 29 heavy (non-hydrogen) atoms. The van der Waals surface area contributed by atoms with Gasteiger partial charge < -0.3 is 4.90 Å². The lowest BCUT2D eigenvalue weighted by Crippen LogP contribution is -2.27. The Bertz CT molecular complexity index is 1130. The van der Waals surface area contributed by atoms with Crippen molar-refractivity contribution in [2.45, 2.75) is 11.6 Å². The molecule has 4 aromatic rings. The van der Waals surface area contributed by atoms with Crippen LogP contribution in [0.3, 0.4) is 0 Å². The van der Waals surface area contributed by atoms with E-state index in [0.717, 1.165) is 16.6 Å². The molecular formula is C21H18FN5OS. The monoisotopic (exact) mass is 407 g/mol. The summed E-state index contributed by atoms with van der Waals surface area (Å²) in [7, 11) is 1.73. The van der Waals surface area contributed by atoms with Crippen molar-refractivity contribution in [2.75, 3.05) is 12.8 Å². The second-order valence-electron chi connectivity index (χ2n) is 6.47. The van der Waals surface area contributed by atoms with Crippen molar-refractivity contribution in [3.05, 3.63) is 78.5 Å². The van der Waals surface area contributed by atoms with Crippen LogP contribution in [0.5, 0.6) is 0 Å². The highest BCUT2D eigenvalue weighted by atomic mass is 32.2. The number of nitrogens with zero attached hydrogens (tertiary/aromatic N) is 5. The van der Waals surface area contributed by atoms with E-state index >= 15 is 0 Å². The summed E-state index contributed by atoms with van der Waals surface area (Å²) >= 11 is 1.35. The summed E-state index contributed by atoms with van der Waals surface area (Å²) in [5, 5.41) is 5.94. The van der Waals surface area contributed by atoms with Gasteiger partial charge >= 0.3 is 0 Å². The van der Waals surface area contributed by atoms with Crippen LogP contribution < -0.4 is 0 Å². The number of hydrogen-bond acceptors (Lipinski definition) is 5. The maximum atomic E-state index is 13.0. The van der Waals surface area contributed by atoms with E-state index in [4.69, 9.17) is 0 Å². The lowest BCUT2D eigenvalue weighted by atomic mass is 10.2. The van der Waals surface area contributed by atoms with E-state index < -0.39 is 0 Å². The van der Waals surface area contributed by atoms with Crippen LogP contribution in [0.4, 0.5) is 4.39 Å². The summed E-state index contributed by atoms with van der Waals surface area (Å²) in [6.07, 6.45) is 3.20. The molecule has 2 aromatic heterocycles. The van der Waals surface area contributed by atoms with E-state index in [1.165, 1.54) is 30.2 Å². The Kier molecular flexibility index (Phi) is 5.53. The maximum absolute atomic E-state index is 13.0. The summed E-state index contributed by atoms with van der Waals surface area (Å²) in [4.78, 5) is 22.8. The number of fused-ring (bicyclic) bond motifs is 1. The van der Waals surface area contributed by atoms with Gasteiger partial charge in [0.1, 0.15) is 17.2 Å². The predicted molar refractivity (Wildman–Crippen MR) is 110 cm³/mol. The molecule has 1 amide bonds. The van der Waals surface area contributed by atoms with Gasteiger partial charge in [0, 0.05) is 13.6 Å². The van der Waals surface area contributed by atoms with Gasteiger partial charge in [-0.2, -0.15) is 5.10 Å². The fourth-order valence-electron chi connectivity index (χ4n) is 2.89. The minimum Gasteiger partial charge on any atom is -0.341 e. The highest BCUT2D eigenvalue weighted by Gasteiger charge is 2.15. The number of hydrogen-bond donors (Lipinski definition) is 0. The molecular weight excluding hydrogens is 389 g/mol. The molecule has 8 heteroatoms. The molecule has 0 atom stereocenters. The highest BCUT2D eigenvalue weighted by molar-refractivity contribution is 8.00. The smallest absolute Gasteiger partial charge is 0.233 e. The first kappa shape index (κ1) is 19.1. The van der Waals surface area contributed by atoms with Crippen molar-refractivity contribution in [2.24, 2.45) is 0 Å². The van der Waals surface area contributed by atoms with Crippen LogP contribution in [0.1, 0.15) is 5.56 Å². The molecule has 4 rings (SSSR count). The molecule has 6 nitrogen and oxygen atoms in total. The third-order valence-electron chi connectivity index (χ3n) is 4.42. The summed E-state index contributed by atoms with van der Waals surface area (Å²) in [5.41, 5.74) is 2.48. The molecule has 0 bridgehead atoms. The van der Waals surface area contributed by atoms with Crippen LogP contribution in [0.25, 0.3) is 16.7 Å². The third kappa shape index (κ3) is 4.27. The van der Waals surface area contributed by atoms with Crippen molar-refractivity contribution < 1.29 is 9.18 Å². The summed E-state index contributed by atoms with van der Waals surface area (Å²) in [5.74, 6) is -0.0935. The molecule has 0 saturated heterocycles. The maximum Gasteiger partial charge on any atom is 0.233 e. The van der Waals surface area contributed by atoms with Crippen molar-refractivity contribution in [3.63, 3.8) is 0 Å². The molecule has 0 fully saturated rings. The number of rotatable bonds is 6. The number of benzene rings is 2. The number of amides is 1. The third-order valence-corrected chi connectivity index (χ3v) is 5.41. The van der Waals surface area contributed by atoms with Crippen molar-refractivity contribution >= 4 is 28.7 Å². The van der Waals surface area contributed by atoms with Gasteiger partial charge in [-0.25, -0.2) is 19.0 Å². The van der Waals surface area contributed by atoms with E-state index in [2.05, 4.69) is 15.1 Å². The average Bonchev–Trinajstić information content (AvgIpc) is 3.19. The molecule has 0 N–H and O–H groups in total. The van der Waals surface area contributed by atoms with E-state index in [1.807, 2.05) is 30.3 Å². The van der Waals surface area contributed by atoms with Crippen LogP contribution >= 0.6 is 11.8 Å². The topological polar surface area (TPSA) is 63.9 Å². The van der Waals surface area contributed by atoms with Gasteiger partial charge in [0.05, 0.1) is 23.0 Å². The summed E-state index contributed by atoms with van der Waals surface area (Å²) < 4.78 is 14.8. The van der Waals surface area contributed by atoms with Crippen LogP contribution in [-0.2, 0) is 11.3 Å². The van der Waals surface area contributed by atoms with Gasteiger partial charge in [0.15, 0.2) is 5.65 Å². The van der Waals surface area contributed by atoms with Crippen LogP contribution in [0.15, 0.2) is 72.1 Å². The molecule has 2 heterocycles. The zero-order valence-corrected chi connectivity index (χ0v) is 16.5. The molecule has 0 saturated carbocycles. The number of carbonyl (C=O) groups excluding carboxylic acids is 1. The van der Waals surface area contributed by atoms with Crippen LogP contribution in [0, 0.1) is 5.82 Å². The van der Waals surface area contributed by atoms with Crippen molar-refractivity contribution in [3.8, 4) is 5.69 Å². The number of carbonyl (C=O) groups is 1. The molecule has 146 valence electrons. The van der Waals surface area contributed by atoms with E-state index in [0.29, 0.717) is 17.2 Å². The Labute approximate surface area is 171 Å². The average molecular weight is 407 g/mol. The zero-order chi connectivity index (χ0) is 20.2. The second kappa shape index (κ2) is 8.40. The Morgan fingerprint density at radius 2 is 1.86 bits per heavy atom. The number of halogens is 1. The van der Waals surface area contributed by atoms with E-state index in [9.17, 15) is 9.18 Å². The molecule has 0 radical (unpaired) electrons. The first-order valence-corrected chi connectivity index (χ1v) is 9.96. The highest BCUT2D eigenvalue weighted by Crippen LogP contribution is 2.26. The van der Waals surface area contributed by atoms with Gasteiger partial charge in [0.2, 0.25) is 5.91 Å². The first-order valence-electron chi connectivity index (χ1n) is 8.97. The number of para-hydroxylation sites is 1. The van der Waals surface area contributed by atoms with Crippen LogP contribution in [0.2, 0.25) is 0 Å². The normalized spacial score (nSPS) is 11.0. The van der Waals surface area contributed by atoms with Crippen LogP contribution in [-0.4, -0.2) is 43.4 Å². The zero-order valence-electron chi connectivity index (χ0n) is 15.7. The predicted octanol–water partition coefficient (Wildman–Crippen LogP) is 3.71. The van der Waals surface area contributed by atoms with E-state index in [-0.39, 0.29) is 17.5 Å². The van der Waals surface area contributed by atoms with Gasteiger partial charge in [-0.3, -0.25) is 4.79 Å². The Balaban J connectivity index is 1.46. The Morgan fingerprint density at radius 3 is 2.62 bits per heavy atom. The van der Waals surface area contributed by atoms with Gasteiger partial charge in [0.25, 0.3) is 0 Å². The van der Waals surface area contributed by atoms with Gasteiger partial charge in [-0.05, 0) is 29.8 Å². The van der Waals surface area contributed by atoms with Gasteiger partial charge in [-0.15, -0.1) is 0 Å². The Hall–Kier alpha value is -3.26. The standard InChI is InChI=1S/C21H18FN5OS/c1-26(12-15-7-9-16(22)10-8-15)19(28)13-29-21-18-11-25-27(20(18)23-14-24-21)17-5-3-2-4-6-17/h2-11,14H,12-13H2,1H3. The minimum absolute atomic E-state index is 0.0402. The molecule has 0 aliphatic heterocycles. The fraction of sp³-hybridized carbons (Fsp3) is 0.143. The molecule has 0 unspecified atom stereocenters. The number of thioether (sulfide) groups is 1. The summed E-state index contributed by atoms with van der Waals surface area (Å²) in [6.45, 7) is 0.421. The fourth-order valence-corrected chi connectivity index (χ4v) is 3.79.